The SMILES string of the molecule is O=C(O)CN(CC1CCC2(CCCC2)O1)C1CC1. The minimum atomic E-state index is -0.713. The molecule has 3 rings (SSSR count). The summed E-state index contributed by atoms with van der Waals surface area (Å²) in [5.74, 6) is -0.713. The summed E-state index contributed by atoms with van der Waals surface area (Å²) in [6, 6.07) is 0.504. The Morgan fingerprint density at radius 3 is 2.56 bits per heavy atom. The average Bonchev–Trinajstić information content (AvgIpc) is 2.97. The second kappa shape index (κ2) is 4.82. The van der Waals surface area contributed by atoms with Gasteiger partial charge in [0.25, 0.3) is 0 Å². The van der Waals surface area contributed by atoms with Crippen LogP contribution in [0.3, 0.4) is 0 Å². The topological polar surface area (TPSA) is 49.8 Å². The first-order valence-corrected chi connectivity index (χ1v) is 7.31. The van der Waals surface area contributed by atoms with Crippen molar-refractivity contribution in [3.8, 4) is 0 Å². The molecule has 0 radical (unpaired) electrons. The molecule has 0 aromatic rings. The third kappa shape index (κ3) is 2.69. The first kappa shape index (κ1) is 12.4. The highest BCUT2D eigenvalue weighted by atomic mass is 16.5. The molecule has 4 heteroatoms. The van der Waals surface area contributed by atoms with Gasteiger partial charge in [-0.2, -0.15) is 0 Å². The van der Waals surface area contributed by atoms with Crippen molar-refractivity contribution < 1.29 is 14.6 Å². The predicted octanol–water partition coefficient (Wildman–Crippen LogP) is 2.03. The molecule has 1 atom stereocenters. The zero-order valence-electron chi connectivity index (χ0n) is 10.9. The summed E-state index contributed by atoms with van der Waals surface area (Å²) in [5, 5.41) is 8.96. The predicted molar refractivity (Wildman–Crippen MR) is 67.5 cm³/mol. The molecule has 1 aliphatic heterocycles. The molecule has 1 N–H and O–H groups in total. The largest absolute Gasteiger partial charge is 0.480 e. The van der Waals surface area contributed by atoms with E-state index in [1.807, 2.05) is 0 Å². The van der Waals surface area contributed by atoms with Crippen LogP contribution < -0.4 is 0 Å². The van der Waals surface area contributed by atoms with Gasteiger partial charge < -0.3 is 9.84 Å². The smallest absolute Gasteiger partial charge is 0.317 e. The van der Waals surface area contributed by atoms with Gasteiger partial charge in [-0.1, -0.05) is 12.8 Å². The molecule has 4 nitrogen and oxygen atoms in total. The minimum absolute atomic E-state index is 0.170. The quantitative estimate of drug-likeness (QED) is 0.814. The van der Waals surface area contributed by atoms with Crippen LogP contribution in [0.5, 0.6) is 0 Å². The van der Waals surface area contributed by atoms with Crippen LogP contribution in [0, 0.1) is 0 Å². The second-order valence-corrected chi connectivity index (χ2v) is 6.22. The highest BCUT2D eigenvalue weighted by Gasteiger charge is 2.43. The van der Waals surface area contributed by atoms with Crippen molar-refractivity contribution in [1.29, 1.82) is 0 Å². The molecule has 0 aromatic heterocycles. The zero-order chi connectivity index (χ0) is 12.6. The Hall–Kier alpha value is -0.610. The lowest BCUT2D eigenvalue weighted by Crippen LogP contribution is -2.39. The van der Waals surface area contributed by atoms with E-state index in [9.17, 15) is 4.79 Å². The van der Waals surface area contributed by atoms with Gasteiger partial charge in [0.2, 0.25) is 0 Å². The van der Waals surface area contributed by atoms with E-state index in [1.165, 1.54) is 32.1 Å². The van der Waals surface area contributed by atoms with E-state index in [1.54, 1.807) is 0 Å². The number of ether oxygens (including phenoxy) is 1. The fourth-order valence-corrected chi connectivity index (χ4v) is 3.63. The van der Waals surface area contributed by atoms with Crippen LogP contribution in [0.2, 0.25) is 0 Å². The number of rotatable bonds is 5. The number of hydrogen-bond acceptors (Lipinski definition) is 3. The number of aliphatic carboxylic acids is 1. The lowest BCUT2D eigenvalue weighted by Gasteiger charge is -2.27. The summed E-state index contributed by atoms with van der Waals surface area (Å²) in [4.78, 5) is 13.0. The molecule has 2 saturated carbocycles. The average molecular weight is 253 g/mol. The molecule has 0 amide bonds. The summed E-state index contributed by atoms with van der Waals surface area (Å²) in [5.41, 5.74) is 0.170. The van der Waals surface area contributed by atoms with Gasteiger partial charge in [0.15, 0.2) is 0 Å². The van der Waals surface area contributed by atoms with Gasteiger partial charge in [0.05, 0.1) is 18.2 Å². The van der Waals surface area contributed by atoms with E-state index in [0.717, 1.165) is 25.8 Å². The standard InChI is InChI=1S/C14H23NO3/c16-13(17)10-15(11-3-4-11)9-12-5-8-14(18-12)6-1-2-7-14/h11-12H,1-10H2,(H,16,17). The molecule has 3 aliphatic rings. The Kier molecular flexibility index (Phi) is 3.32. The molecule has 0 bridgehead atoms. The maximum Gasteiger partial charge on any atom is 0.317 e. The molecule has 1 heterocycles. The van der Waals surface area contributed by atoms with Crippen LogP contribution >= 0.6 is 0 Å². The highest BCUT2D eigenvalue weighted by Crippen LogP contribution is 2.43. The van der Waals surface area contributed by atoms with Crippen molar-refractivity contribution in [3.63, 3.8) is 0 Å². The molecule has 1 unspecified atom stereocenters. The first-order valence-electron chi connectivity index (χ1n) is 7.31. The van der Waals surface area contributed by atoms with Gasteiger partial charge >= 0.3 is 5.97 Å². The normalized spacial score (nSPS) is 30.4. The van der Waals surface area contributed by atoms with Gasteiger partial charge in [-0.05, 0) is 38.5 Å². The minimum Gasteiger partial charge on any atom is -0.480 e. The maximum absolute atomic E-state index is 10.9. The zero-order valence-corrected chi connectivity index (χ0v) is 10.9. The molecule has 18 heavy (non-hydrogen) atoms. The molecule has 2 aliphatic carbocycles. The monoisotopic (exact) mass is 253 g/mol. The van der Waals surface area contributed by atoms with Crippen molar-refractivity contribution in [3.05, 3.63) is 0 Å². The molecule has 102 valence electrons. The Morgan fingerprint density at radius 1 is 1.22 bits per heavy atom. The molecule has 0 aromatic carbocycles. The number of carboxylic acids is 1. The van der Waals surface area contributed by atoms with Crippen LogP contribution in [-0.2, 0) is 9.53 Å². The highest BCUT2D eigenvalue weighted by molar-refractivity contribution is 5.69. The van der Waals surface area contributed by atoms with Gasteiger partial charge in [-0.25, -0.2) is 0 Å². The fraction of sp³-hybridized carbons (Fsp3) is 0.929. The van der Waals surface area contributed by atoms with Crippen LogP contribution in [0.4, 0.5) is 0 Å². The van der Waals surface area contributed by atoms with Crippen LogP contribution in [0.15, 0.2) is 0 Å². The molecular formula is C14H23NO3. The van der Waals surface area contributed by atoms with E-state index in [4.69, 9.17) is 9.84 Å². The van der Waals surface area contributed by atoms with Gasteiger partial charge in [0, 0.05) is 12.6 Å². The van der Waals surface area contributed by atoms with E-state index in [2.05, 4.69) is 4.90 Å². The second-order valence-electron chi connectivity index (χ2n) is 6.22. The van der Waals surface area contributed by atoms with Gasteiger partial charge in [0.1, 0.15) is 0 Å². The molecule has 1 spiro atoms. The van der Waals surface area contributed by atoms with Crippen LogP contribution in [-0.4, -0.2) is 46.8 Å². The number of nitrogens with zero attached hydrogens (tertiary/aromatic N) is 1. The third-order valence-electron chi connectivity index (χ3n) is 4.69. The Bertz CT molecular complexity index is 321. The van der Waals surface area contributed by atoms with E-state index >= 15 is 0 Å². The van der Waals surface area contributed by atoms with Crippen LogP contribution in [0.25, 0.3) is 0 Å². The molecule has 1 saturated heterocycles. The van der Waals surface area contributed by atoms with Crippen molar-refractivity contribution >= 4 is 5.97 Å². The lowest BCUT2D eigenvalue weighted by atomic mass is 9.98. The Labute approximate surface area is 108 Å². The summed E-state index contributed by atoms with van der Waals surface area (Å²) in [6.45, 7) is 0.996. The summed E-state index contributed by atoms with van der Waals surface area (Å²) in [7, 11) is 0. The van der Waals surface area contributed by atoms with Crippen molar-refractivity contribution in [2.75, 3.05) is 13.1 Å². The number of carbonyl (C=O) groups is 1. The summed E-state index contributed by atoms with van der Waals surface area (Å²) in [6.07, 6.45) is 9.91. The van der Waals surface area contributed by atoms with Crippen molar-refractivity contribution in [2.24, 2.45) is 0 Å². The molecular weight excluding hydrogens is 230 g/mol. The van der Waals surface area contributed by atoms with Gasteiger partial charge in [-0.15, -0.1) is 0 Å². The maximum atomic E-state index is 10.9. The van der Waals surface area contributed by atoms with E-state index < -0.39 is 5.97 Å². The summed E-state index contributed by atoms with van der Waals surface area (Å²) < 4.78 is 6.27. The Balaban J connectivity index is 1.54. The number of hydrogen-bond donors (Lipinski definition) is 1. The van der Waals surface area contributed by atoms with E-state index in [-0.39, 0.29) is 18.2 Å². The fourth-order valence-electron chi connectivity index (χ4n) is 3.63. The van der Waals surface area contributed by atoms with Gasteiger partial charge in [-0.3, -0.25) is 9.69 Å². The number of carboxylic acid groups (broad SMARTS) is 1. The third-order valence-corrected chi connectivity index (χ3v) is 4.69. The first-order chi connectivity index (χ1) is 8.67. The molecule has 3 fully saturated rings. The van der Waals surface area contributed by atoms with Crippen molar-refractivity contribution in [1.82, 2.24) is 4.90 Å². The van der Waals surface area contributed by atoms with Crippen molar-refractivity contribution in [2.45, 2.75) is 69.1 Å². The summed E-state index contributed by atoms with van der Waals surface area (Å²) >= 11 is 0. The van der Waals surface area contributed by atoms with Crippen LogP contribution in [0.1, 0.15) is 51.4 Å². The Morgan fingerprint density at radius 2 is 1.94 bits per heavy atom. The lowest BCUT2D eigenvalue weighted by molar-refractivity contribution is -0.139. The van der Waals surface area contributed by atoms with E-state index in [0.29, 0.717) is 6.04 Å².